The second-order valence-corrected chi connectivity index (χ2v) is 19.7. The summed E-state index contributed by atoms with van der Waals surface area (Å²) in [5, 5.41) is 27.7. The van der Waals surface area contributed by atoms with E-state index in [0.29, 0.717) is 27.6 Å². The van der Waals surface area contributed by atoms with Crippen LogP contribution < -0.4 is 16.0 Å². The highest BCUT2D eigenvalue weighted by Crippen LogP contribution is 2.43. The Bertz CT molecular complexity index is 1640. The highest BCUT2D eigenvalue weighted by Gasteiger charge is 2.47. The smallest absolute Gasteiger partial charge is 0.407 e. The fourth-order valence-electron chi connectivity index (χ4n) is 6.72. The van der Waals surface area contributed by atoms with Gasteiger partial charge in [-0.1, -0.05) is 53.7 Å². The fourth-order valence-corrected chi connectivity index (χ4v) is 12.3. The maximum atomic E-state index is 14.4. The van der Waals surface area contributed by atoms with Gasteiger partial charge in [-0.2, -0.15) is 5.26 Å². The summed E-state index contributed by atoms with van der Waals surface area (Å²) in [6, 6.07) is 12.0. The molecule has 1 unspecified atom stereocenters. The maximum Gasteiger partial charge on any atom is 0.407 e. The first-order valence-corrected chi connectivity index (χ1v) is 18.8. The second kappa shape index (κ2) is 16.3. The summed E-state index contributed by atoms with van der Waals surface area (Å²) in [6.45, 7) is 18.1. The third-order valence-corrected chi connectivity index (χ3v) is 14.8. The largest absolute Gasteiger partial charge is 0.465 e. The summed E-state index contributed by atoms with van der Waals surface area (Å²) >= 11 is 0. The average Bonchev–Trinajstić information content (AvgIpc) is 3.38. The van der Waals surface area contributed by atoms with Gasteiger partial charge in [0, 0.05) is 29.6 Å². The molecule has 0 bridgehead atoms. The maximum absolute atomic E-state index is 14.4. The molecule has 5 N–H and O–H groups in total. The van der Waals surface area contributed by atoms with Crippen molar-refractivity contribution in [3.05, 3.63) is 59.5 Å². The lowest BCUT2D eigenvalue weighted by Crippen LogP contribution is -2.54. The van der Waals surface area contributed by atoms with Crippen molar-refractivity contribution in [1.29, 1.82) is 5.26 Å². The Morgan fingerprint density at radius 3 is 2.10 bits per heavy atom. The molecule has 266 valence electrons. The molecule has 2 atom stereocenters. The molecule has 0 fully saturated rings. The molecule has 11 nitrogen and oxygen atoms in total. The first kappa shape index (κ1) is 39.0. The summed E-state index contributed by atoms with van der Waals surface area (Å²) in [7, 11) is -2.50. The SMILES string of the molecule is CC(C)[Si](OC(CNC(=O)OC(C)(C)C)C[C@@H](CNC(=O)c1[nH]c2ccc(F)cc2c1-c1ccc(C#N)cc1)NC(=O)O)(C(C)C)C(C)C. The van der Waals surface area contributed by atoms with E-state index in [1.165, 1.54) is 18.2 Å². The Labute approximate surface area is 289 Å². The van der Waals surface area contributed by atoms with Crippen LogP contribution in [0.3, 0.4) is 0 Å². The third-order valence-electron chi connectivity index (χ3n) is 8.63. The quantitative estimate of drug-likeness (QED) is 0.108. The Kier molecular flexibility index (Phi) is 13.0. The number of carbonyl (C=O) groups excluding carboxylic acids is 2. The summed E-state index contributed by atoms with van der Waals surface area (Å²) < 4.78 is 26.8. The molecule has 0 spiro atoms. The van der Waals surface area contributed by atoms with E-state index in [-0.39, 0.29) is 41.8 Å². The number of ether oxygens (including phenoxy) is 1. The number of fused-ring (bicyclic) bond motifs is 1. The first-order valence-electron chi connectivity index (χ1n) is 16.6. The molecule has 0 saturated heterocycles. The van der Waals surface area contributed by atoms with Crippen LogP contribution in [-0.4, -0.2) is 67.3 Å². The van der Waals surface area contributed by atoms with Gasteiger partial charge in [0.15, 0.2) is 0 Å². The molecule has 3 amide bonds. The van der Waals surface area contributed by atoms with Crippen molar-refractivity contribution in [3.63, 3.8) is 0 Å². The van der Waals surface area contributed by atoms with Crippen molar-refractivity contribution in [3.8, 4) is 17.2 Å². The van der Waals surface area contributed by atoms with Crippen LogP contribution in [0, 0.1) is 17.1 Å². The number of hydrogen-bond donors (Lipinski definition) is 5. The van der Waals surface area contributed by atoms with E-state index in [1.54, 1.807) is 45.0 Å². The van der Waals surface area contributed by atoms with Gasteiger partial charge in [0.25, 0.3) is 5.91 Å². The highest BCUT2D eigenvalue weighted by molar-refractivity contribution is 6.77. The van der Waals surface area contributed by atoms with Gasteiger partial charge < -0.3 is 35.2 Å². The lowest BCUT2D eigenvalue weighted by molar-refractivity contribution is 0.0486. The molecule has 1 heterocycles. The Balaban J connectivity index is 1.94. The van der Waals surface area contributed by atoms with Crippen LogP contribution >= 0.6 is 0 Å². The number of H-pyrrole nitrogens is 1. The second-order valence-electron chi connectivity index (χ2n) is 14.3. The molecule has 13 heteroatoms. The van der Waals surface area contributed by atoms with E-state index < -0.39 is 50.0 Å². The van der Waals surface area contributed by atoms with Crippen molar-refractivity contribution in [2.24, 2.45) is 0 Å². The Hall–Kier alpha value is -4.41. The van der Waals surface area contributed by atoms with Gasteiger partial charge in [0.05, 0.1) is 23.8 Å². The molecule has 0 saturated carbocycles. The zero-order valence-corrected chi connectivity index (χ0v) is 30.9. The number of carbonyl (C=O) groups is 3. The number of amides is 3. The lowest BCUT2D eigenvalue weighted by atomic mass is 10.00. The monoisotopic (exact) mass is 695 g/mol. The number of aromatic nitrogens is 1. The predicted octanol–water partition coefficient (Wildman–Crippen LogP) is 7.69. The standard InChI is InChI=1S/C36H50FN5O6Si/c1-21(2)49(22(3)4,23(5)6)48-28(20-40-35(46)47-36(7,8)9)17-27(41-34(44)45)19-39-33(43)32-31(25-12-10-24(18-38)11-13-25)29-16-26(37)14-15-30(29)42-32/h10-16,21-23,27-28,41-42H,17,19-20H2,1-9H3,(H,39,43)(H,40,46)(H,44,45)/t27-,28?/m0/s1. The molecule has 3 aromatic rings. The predicted molar refractivity (Wildman–Crippen MR) is 190 cm³/mol. The van der Waals surface area contributed by atoms with Gasteiger partial charge >= 0.3 is 12.2 Å². The van der Waals surface area contributed by atoms with E-state index in [4.69, 9.17) is 9.16 Å². The molecular weight excluding hydrogens is 646 g/mol. The number of benzene rings is 2. The number of rotatable bonds is 14. The zero-order chi connectivity index (χ0) is 36.7. The summed E-state index contributed by atoms with van der Waals surface area (Å²) in [6.07, 6.45) is -2.36. The van der Waals surface area contributed by atoms with E-state index in [2.05, 4.69) is 68.5 Å². The van der Waals surface area contributed by atoms with E-state index in [1.807, 2.05) is 0 Å². The van der Waals surface area contributed by atoms with Gasteiger partial charge in [-0.25, -0.2) is 14.0 Å². The normalized spacial score (nSPS) is 13.3. The molecule has 2 aromatic carbocycles. The number of carboxylic acid groups (broad SMARTS) is 1. The van der Waals surface area contributed by atoms with Crippen molar-refractivity contribution in [2.75, 3.05) is 13.1 Å². The van der Waals surface area contributed by atoms with Gasteiger partial charge in [0.1, 0.15) is 17.1 Å². The number of nitrogens with zero attached hydrogens (tertiary/aromatic N) is 1. The van der Waals surface area contributed by atoms with E-state index in [9.17, 15) is 29.1 Å². The van der Waals surface area contributed by atoms with Crippen LogP contribution in [0.5, 0.6) is 0 Å². The zero-order valence-electron chi connectivity index (χ0n) is 29.9. The average molecular weight is 696 g/mol. The Morgan fingerprint density at radius 2 is 1.57 bits per heavy atom. The minimum absolute atomic E-state index is 0.0675. The molecule has 3 rings (SSSR count). The number of aromatic amines is 1. The number of halogens is 1. The van der Waals surface area contributed by atoms with E-state index in [0.717, 1.165) is 0 Å². The topological polar surface area (TPSA) is 166 Å². The lowest BCUT2D eigenvalue weighted by Gasteiger charge is -2.45. The molecule has 0 aliphatic heterocycles. The number of nitrogens with one attached hydrogen (secondary N) is 4. The first-order chi connectivity index (χ1) is 22.9. The Morgan fingerprint density at radius 1 is 0.959 bits per heavy atom. The molecule has 1 aromatic heterocycles. The minimum Gasteiger partial charge on any atom is -0.465 e. The number of nitriles is 1. The summed E-state index contributed by atoms with van der Waals surface area (Å²) in [5.74, 6) is -1.01. The van der Waals surface area contributed by atoms with Crippen molar-refractivity contribution < 1.29 is 33.0 Å². The third kappa shape index (κ3) is 10.1. The van der Waals surface area contributed by atoms with Crippen molar-refractivity contribution in [2.45, 2.75) is 103 Å². The van der Waals surface area contributed by atoms with Gasteiger partial charge in [-0.15, -0.1) is 0 Å². The van der Waals surface area contributed by atoms with Gasteiger partial charge in [-0.05, 0) is 79.7 Å². The summed E-state index contributed by atoms with van der Waals surface area (Å²) in [5.41, 5.74) is 2.10. The molecule has 49 heavy (non-hydrogen) atoms. The van der Waals surface area contributed by atoms with Crippen LogP contribution in [0.15, 0.2) is 42.5 Å². The van der Waals surface area contributed by atoms with Crippen LogP contribution in [0.4, 0.5) is 14.0 Å². The van der Waals surface area contributed by atoms with Crippen LogP contribution in [0.25, 0.3) is 22.0 Å². The summed E-state index contributed by atoms with van der Waals surface area (Å²) in [4.78, 5) is 41.5. The fraction of sp³-hybridized carbons (Fsp3) is 0.500. The van der Waals surface area contributed by atoms with Crippen LogP contribution in [0.2, 0.25) is 16.6 Å². The van der Waals surface area contributed by atoms with E-state index >= 15 is 0 Å². The van der Waals surface area contributed by atoms with Crippen LogP contribution in [0.1, 0.15) is 84.8 Å². The van der Waals surface area contributed by atoms with Crippen LogP contribution in [-0.2, 0) is 9.16 Å². The minimum atomic E-state index is -2.50. The van der Waals surface area contributed by atoms with Gasteiger partial charge in [0.2, 0.25) is 8.32 Å². The van der Waals surface area contributed by atoms with Crippen molar-refractivity contribution >= 4 is 37.3 Å². The highest BCUT2D eigenvalue weighted by atomic mass is 28.4. The van der Waals surface area contributed by atoms with Crippen molar-refractivity contribution in [1.82, 2.24) is 20.9 Å². The molecular formula is C36H50FN5O6Si. The number of alkyl carbamates (subject to hydrolysis) is 1. The number of hydrogen-bond acceptors (Lipinski definition) is 6. The molecule has 0 aliphatic rings. The molecule has 0 aliphatic carbocycles. The molecule has 0 radical (unpaired) electrons. The van der Waals surface area contributed by atoms with Gasteiger partial charge in [-0.3, -0.25) is 4.79 Å².